The number of ether oxygens (including phenoxy) is 3. The van der Waals surface area contributed by atoms with Gasteiger partial charge < -0.3 is 33.1 Å². The molecule has 368 valence electrons. The first kappa shape index (κ1) is 47.3. The molecule has 2 amide bonds. The van der Waals surface area contributed by atoms with E-state index in [9.17, 15) is 23.2 Å². The SMILES string of the molecule is COC(=O)c1ccc(-c2c(C3=CN(C(C)=O)CC3)n(-c3ccc(F)cc3)c3cccc(OCc4ccccc4)c23)c(-c2c(C3=CN(C(C)=O)CC3)n(-c3ccc(F)cc3)c3cccc(OCc4ccccc4)c23)c1. The Kier molecular flexibility index (Phi) is 12.7. The number of aromatic nitrogens is 2. The largest absolute Gasteiger partial charge is 0.488 e. The third-order valence-electron chi connectivity index (χ3n) is 13.8. The highest BCUT2D eigenvalue weighted by Crippen LogP contribution is 2.53. The predicted octanol–water partition coefficient (Wildman–Crippen LogP) is 13.3. The number of benzene rings is 7. The predicted molar refractivity (Wildman–Crippen MR) is 284 cm³/mol. The van der Waals surface area contributed by atoms with Crippen LogP contribution in [0.25, 0.3) is 66.6 Å². The van der Waals surface area contributed by atoms with Crippen LogP contribution in [0.2, 0.25) is 0 Å². The molecule has 0 aliphatic carbocycles. The van der Waals surface area contributed by atoms with Crippen molar-refractivity contribution < 1.29 is 37.4 Å². The van der Waals surface area contributed by atoms with Gasteiger partial charge in [0.15, 0.2) is 0 Å². The van der Waals surface area contributed by atoms with Gasteiger partial charge in [-0.25, -0.2) is 13.6 Å². The number of amides is 2. The molecule has 0 fully saturated rings. The van der Waals surface area contributed by atoms with E-state index in [-0.39, 0.29) is 30.6 Å². The molecule has 0 atom stereocenters. The van der Waals surface area contributed by atoms with Crippen molar-refractivity contribution in [3.63, 3.8) is 0 Å². The summed E-state index contributed by atoms with van der Waals surface area (Å²) in [6.07, 6.45) is 4.71. The van der Waals surface area contributed by atoms with E-state index in [0.29, 0.717) is 76.6 Å². The second-order valence-corrected chi connectivity index (χ2v) is 18.4. The Bertz CT molecular complexity index is 3710. The lowest BCUT2D eigenvalue weighted by Crippen LogP contribution is -2.19. The van der Waals surface area contributed by atoms with Gasteiger partial charge in [-0.2, -0.15) is 0 Å². The molecule has 0 saturated carbocycles. The van der Waals surface area contributed by atoms with Crippen LogP contribution in [-0.4, -0.2) is 56.9 Å². The highest BCUT2D eigenvalue weighted by atomic mass is 19.1. The van der Waals surface area contributed by atoms with E-state index in [1.165, 1.54) is 45.2 Å². The smallest absolute Gasteiger partial charge is 0.337 e. The molecule has 2 aliphatic rings. The van der Waals surface area contributed by atoms with Crippen LogP contribution >= 0.6 is 0 Å². The van der Waals surface area contributed by atoms with E-state index in [1.807, 2.05) is 122 Å². The van der Waals surface area contributed by atoms with Gasteiger partial charge in [0.05, 0.1) is 45.9 Å². The van der Waals surface area contributed by atoms with Crippen molar-refractivity contribution in [2.45, 2.75) is 39.9 Å². The summed E-state index contributed by atoms with van der Waals surface area (Å²) in [5.41, 5.74) is 10.7. The molecule has 10 nitrogen and oxygen atoms in total. The van der Waals surface area contributed by atoms with Gasteiger partial charge in [-0.15, -0.1) is 0 Å². The van der Waals surface area contributed by atoms with Gasteiger partial charge >= 0.3 is 5.97 Å². The number of hydrogen-bond acceptors (Lipinski definition) is 6. The third kappa shape index (κ3) is 8.78. The van der Waals surface area contributed by atoms with Crippen LogP contribution in [0.15, 0.2) is 176 Å². The molecule has 12 heteroatoms. The van der Waals surface area contributed by atoms with E-state index in [0.717, 1.165) is 50.0 Å². The van der Waals surface area contributed by atoms with Crippen LogP contribution in [0.3, 0.4) is 0 Å². The maximum atomic E-state index is 15.0. The Hall–Kier alpha value is -9.03. The van der Waals surface area contributed by atoms with Gasteiger partial charge in [0.1, 0.15) is 36.3 Å². The van der Waals surface area contributed by atoms with Gasteiger partial charge in [-0.1, -0.05) is 78.9 Å². The molecule has 11 rings (SSSR count). The number of hydrogen-bond donors (Lipinski definition) is 0. The highest BCUT2D eigenvalue weighted by molar-refractivity contribution is 6.15. The summed E-state index contributed by atoms with van der Waals surface area (Å²) < 4.78 is 53.3. The summed E-state index contributed by atoms with van der Waals surface area (Å²) in [5.74, 6) is -0.525. The Morgan fingerprint density at radius 2 is 0.959 bits per heavy atom. The van der Waals surface area contributed by atoms with E-state index in [1.54, 1.807) is 40.1 Å². The van der Waals surface area contributed by atoms with Gasteiger partial charge in [-0.3, -0.25) is 9.59 Å². The topological polar surface area (TPSA) is 95.2 Å². The number of carbonyl (C=O) groups is 3. The van der Waals surface area contributed by atoms with Crippen molar-refractivity contribution >= 4 is 50.7 Å². The minimum Gasteiger partial charge on any atom is -0.488 e. The minimum absolute atomic E-state index is 0.119. The lowest BCUT2D eigenvalue weighted by molar-refractivity contribution is -0.126. The van der Waals surface area contributed by atoms with Crippen LogP contribution in [0, 0.1) is 11.6 Å². The number of rotatable bonds is 13. The van der Waals surface area contributed by atoms with E-state index < -0.39 is 17.6 Å². The first-order valence-electron chi connectivity index (χ1n) is 24.5. The van der Waals surface area contributed by atoms with Crippen molar-refractivity contribution in [3.8, 4) is 45.1 Å². The van der Waals surface area contributed by atoms with Crippen molar-refractivity contribution in [3.05, 3.63) is 216 Å². The molecule has 0 spiro atoms. The zero-order valence-corrected chi connectivity index (χ0v) is 41.0. The van der Waals surface area contributed by atoms with Gasteiger partial charge in [0.2, 0.25) is 11.8 Å². The quantitative estimate of drug-likeness (QED) is 0.107. The lowest BCUT2D eigenvalue weighted by Gasteiger charge is -2.19. The summed E-state index contributed by atoms with van der Waals surface area (Å²) in [6.45, 7) is 4.38. The Balaban J connectivity index is 1.31. The fourth-order valence-electron chi connectivity index (χ4n) is 10.4. The van der Waals surface area contributed by atoms with E-state index >= 15 is 0 Å². The van der Waals surface area contributed by atoms with Crippen LogP contribution in [-0.2, 0) is 27.5 Å². The van der Waals surface area contributed by atoms with Crippen LogP contribution in [0.4, 0.5) is 8.78 Å². The van der Waals surface area contributed by atoms with Crippen LogP contribution in [0.1, 0.15) is 59.6 Å². The minimum atomic E-state index is -0.568. The molecule has 0 radical (unpaired) electrons. The number of halogens is 2. The van der Waals surface area contributed by atoms with E-state index in [2.05, 4.69) is 9.13 Å². The first-order chi connectivity index (χ1) is 36.1. The highest BCUT2D eigenvalue weighted by Gasteiger charge is 2.34. The van der Waals surface area contributed by atoms with E-state index in [4.69, 9.17) is 14.2 Å². The van der Waals surface area contributed by atoms with Crippen molar-refractivity contribution in [2.75, 3.05) is 20.2 Å². The molecule has 7 aromatic carbocycles. The van der Waals surface area contributed by atoms with Gasteiger partial charge in [0, 0.05) is 61.8 Å². The summed E-state index contributed by atoms with van der Waals surface area (Å²) >= 11 is 0. The maximum Gasteiger partial charge on any atom is 0.337 e. The number of fused-ring (bicyclic) bond motifs is 2. The zero-order valence-electron chi connectivity index (χ0n) is 41.0. The monoisotopic (exact) mass is 984 g/mol. The third-order valence-corrected chi connectivity index (χ3v) is 13.8. The lowest BCUT2D eigenvalue weighted by atomic mass is 9.87. The van der Waals surface area contributed by atoms with Gasteiger partial charge in [0.25, 0.3) is 0 Å². The van der Waals surface area contributed by atoms with Crippen molar-refractivity contribution in [1.82, 2.24) is 18.9 Å². The summed E-state index contributed by atoms with van der Waals surface area (Å²) in [7, 11) is 1.34. The summed E-state index contributed by atoms with van der Waals surface area (Å²) in [4.78, 5) is 43.7. The molecule has 0 bridgehead atoms. The fraction of sp³-hybridized carbons (Fsp3) is 0.145. The van der Waals surface area contributed by atoms with Crippen LogP contribution < -0.4 is 9.47 Å². The first-order valence-corrected chi connectivity index (χ1v) is 24.5. The average molecular weight is 985 g/mol. The molecule has 4 heterocycles. The number of nitrogens with zero attached hydrogens (tertiary/aromatic N) is 4. The van der Waals surface area contributed by atoms with Crippen molar-refractivity contribution in [1.29, 1.82) is 0 Å². The molecule has 74 heavy (non-hydrogen) atoms. The number of esters is 1. The second-order valence-electron chi connectivity index (χ2n) is 18.4. The molecule has 9 aromatic rings. The maximum absolute atomic E-state index is 15.0. The fourth-order valence-corrected chi connectivity index (χ4v) is 10.4. The molecule has 0 unspecified atom stereocenters. The second kappa shape index (κ2) is 19.9. The molecular formula is C62H50F2N4O6. The number of carbonyl (C=O) groups excluding carboxylic acids is 3. The Morgan fingerprint density at radius 3 is 1.38 bits per heavy atom. The zero-order chi connectivity index (χ0) is 51.0. The molecule has 0 saturated heterocycles. The normalized spacial score (nSPS) is 13.4. The number of methoxy groups -OCH3 is 1. The Morgan fingerprint density at radius 1 is 0.514 bits per heavy atom. The average Bonchev–Trinajstić information content (AvgIpc) is 4.27. The Labute approximate surface area is 426 Å². The molecule has 2 aromatic heterocycles. The summed E-state index contributed by atoms with van der Waals surface area (Å²) in [5, 5.41) is 1.42. The summed E-state index contributed by atoms with van der Waals surface area (Å²) in [6, 6.07) is 49.5. The molecule has 2 aliphatic heterocycles. The molecule has 0 N–H and O–H groups in total. The molecular weight excluding hydrogens is 935 g/mol. The van der Waals surface area contributed by atoms with Crippen LogP contribution in [0.5, 0.6) is 11.5 Å². The van der Waals surface area contributed by atoms with Crippen molar-refractivity contribution in [2.24, 2.45) is 0 Å². The van der Waals surface area contributed by atoms with Gasteiger partial charge in [-0.05, 0) is 131 Å². The standard InChI is InChI=1S/C62H50F2N4O6/c1-39(69)65-32-30-44(35-65)60-56(58-52(67(60)48-25-21-46(63)22-26-48)16-10-18-54(58)73-37-41-12-6-4-7-13-41)50-29-20-43(62(71)72-3)34-51(50)57-59-53(17-11-19-55(59)74-38-42-14-8-5-9-15-42)68(49-27-23-47(64)24-28-49)61(57)45-31-33-66(36-45)40(2)70/h4-29,34-36H,30-33,37-38H2,1-3H3.